The molecule has 5 nitrogen and oxygen atoms in total. The van der Waals surface area contributed by atoms with Crippen LogP contribution in [0.5, 0.6) is 0 Å². The van der Waals surface area contributed by atoms with Gasteiger partial charge >= 0.3 is 0 Å². The molecule has 1 aromatic carbocycles. The van der Waals surface area contributed by atoms with Gasteiger partial charge in [0.15, 0.2) is 0 Å². The summed E-state index contributed by atoms with van der Waals surface area (Å²) >= 11 is 3.29. The molecule has 1 heterocycles. The molecule has 2 aromatic rings. The number of benzene rings is 1. The van der Waals surface area contributed by atoms with Gasteiger partial charge < -0.3 is 10.4 Å². The van der Waals surface area contributed by atoms with Crippen LogP contribution in [0, 0.1) is 5.82 Å². The molecule has 0 saturated heterocycles. The number of aliphatic hydroxyl groups is 1. The van der Waals surface area contributed by atoms with E-state index in [1.165, 1.54) is 6.07 Å². The fraction of sp³-hybridized carbons (Fsp3) is 0.353. The molecule has 24 heavy (non-hydrogen) atoms. The van der Waals surface area contributed by atoms with Gasteiger partial charge in [-0.1, -0.05) is 18.2 Å². The number of aromatic nitrogens is 2. The summed E-state index contributed by atoms with van der Waals surface area (Å²) in [4.78, 5) is 21.2. The normalized spacial score (nSPS) is 15.1. The minimum absolute atomic E-state index is 0.169. The lowest BCUT2D eigenvalue weighted by molar-refractivity contribution is 0.0922. The Balaban J connectivity index is 1.83. The molecule has 0 spiro atoms. The number of hydrogen-bond acceptors (Lipinski definition) is 4. The molecule has 0 unspecified atom stereocenters. The zero-order chi connectivity index (χ0) is 17.1. The van der Waals surface area contributed by atoms with Crippen molar-refractivity contribution in [3.8, 4) is 0 Å². The molecule has 1 amide bonds. The highest BCUT2D eigenvalue weighted by atomic mass is 79.9. The minimum atomic E-state index is -0.630. The molecule has 3 rings (SSSR count). The van der Waals surface area contributed by atoms with E-state index in [-0.39, 0.29) is 18.7 Å². The number of hydrogen-bond donors (Lipinski definition) is 2. The Morgan fingerprint density at radius 1 is 1.42 bits per heavy atom. The van der Waals surface area contributed by atoms with Crippen molar-refractivity contribution in [2.45, 2.75) is 31.2 Å². The number of carbonyl (C=O) groups is 1. The molecule has 1 aliphatic carbocycles. The van der Waals surface area contributed by atoms with Gasteiger partial charge in [-0.25, -0.2) is 14.4 Å². The van der Waals surface area contributed by atoms with Crippen LogP contribution in [-0.4, -0.2) is 27.6 Å². The number of halogens is 2. The largest absolute Gasteiger partial charge is 0.396 e. The van der Waals surface area contributed by atoms with Gasteiger partial charge in [0.2, 0.25) is 0 Å². The monoisotopic (exact) mass is 393 g/mol. The molecule has 1 fully saturated rings. The first-order valence-electron chi connectivity index (χ1n) is 7.78. The molecule has 1 aliphatic rings. The molecule has 0 bridgehead atoms. The highest BCUT2D eigenvalue weighted by Crippen LogP contribution is 2.38. The van der Waals surface area contributed by atoms with Gasteiger partial charge in [0.25, 0.3) is 5.91 Å². The third-order valence-electron chi connectivity index (χ3n) is 3.92. The Hall–Kier alpha value is -1.86. The topological polar surface area (TPSA) is 75.1 Å². The maximum atomic E-state index is 14.0. The van der Waals surface area contributed by atoms with Crippen LogP contribution in [0.15, 0.2) is 34.9 Å². The van der Waals surface area contributed by atoms with Crippen molar-refractivity contribution in [1.82, 2.24) is 15.3 Å². The third kappa shape index (κ3) is 3.79. The van der Waals surface area contributed by atoms with Gasteiger partial charge in [-0.3, -0.25) is 4.79 Å². The fourth-order valence-electron chi connectivity index (χ4n) is 2.50. The molecule has 0 radical (unpaired) electrons. The molecular weight excluding hydrogens is 377 g/mol. The van der Waals surface area contributed by atoms with Crippen LogP contribution in [-0.2, 0) is 0 Å². The molecule has 1 aromatic heterocycles. The predicted octanol–water partition coefficient (Wildman–Crippen LogP) is 3.11. The SMILES string of the molecule is O=C(N[C@@H](CCO)c1ccccc1F)c1nc(C2CC2)ncc1Br. The van der Waals surface area contributed by atoms with E-state index in [0.29, 0.717) is 21.8 Å². The van der Waals surface area contributed by atoms with E-state index in [9.17, 15) is 14.3 Å². The lowest BCUT2D eigenvalue weighted by atomic mass is 10.0. The van der Waals surface area contributed by atoms with Crippen molar-refractivity contribution in [2.75, 3.05) is 6.61 Å². The van der Waals surface area contributed by atoms with E-state index < -0.39 is 17.8 Å². The van der Waals surface area contributed by atoms with Gasteiger partial charge in [-0.15, -0.1) is 0 Å². The third-order valence-corrected chi connectivity index (χ3v) is 4.50. The molecular formula is C17H17BrFN3O2. The first kappa shape index (κ1) is 17.0. The summed E-state index contributed by atoms with van der Waals surface area (Å²) in [6, 6.07) is 5.58. The number of amides is 1. The summed E-state index contributed by atoms with van der Waals surface area (Å²) in [5.41, 5.74) is 0.568. The zero-order valence-electron chi connectivity index (χ0n) is 12.9. The molecule has 126 valence electrons. The van der Waals surface area contributed by atoms with Crippen LogP contribution in [0.1, 0.15) is 53.1 Å². The molecule has 1 saturated carbocycles. The smallest absolute Gasteiger partial charge is 0.271 e. The van der Waals surface area contributed by atoms with Gasteiger partial charge in [0, 0.05) is 24.3 Å². The Morgan fingerprint density at radius 2 is 2.17 bits per heavy atom. The van der Waals surface area contributed by atoms with Crippen LogP contribution < -0.4 is 5.32 Å². The number of carbonyl (C=O) groups excluding carboxylic acids is 1. The van der Waals surface area contributed by atoms with Crippen molar-refractivity contribution in [2.24, 2.45) is 0 Å². The van der Waals surface area contributed by atoms with Crippen LogP contribution >= 0.6 is 15.9 Å². The predicted molar refractivity (Wildman–Crippen MR) is 90.0 cm³/mol. The quantitative estimate of drug-likeness (QED) is 0.790. The van der Waals surface area contributed by atoms with Crippen molar-refractivity contribution in [1.29, 1.82) is 0 Å². The minimum Gasteiger partial charge on any atom is -0.396 e. The Bertz CT molecular complexity index is 752. The van der Waals surface area contributed by atoms with Crippen LogP contribution in [0.4, 0.5) is 4.39 Å². The highest BCUT2D eigenvalue weighted by molar-refractivity contribution is 9.10. The van der Waals surface area contributed by atoms with Crippen LogP contribution in [0.3, 0.4) is 0 Å². The maximum absolute atomic E-state index is 14.0. The molecule has 2 N–H and O–H groups in total. The molecule has 7 heteroatoms. The summed E-state index contributed by atoms with van der Waals surface area (Å²) in [6.45, 7) is -0.169. The second-order valence-corrected chi connectivity index (χ2v) is 6.61. The second kappa shape index (κ2) is 7.36. The Kier molecular flexibility index (Phi) is 5.20. The summed E-state index contributed by atoms with van der Waals surface area (Å²) < 4.78 is 14.5. The van der Waals surface area contributed by atoms with Gasteiger partial charge in [0.1, 0.15) is 17.3 Å². The van der Waals surface area contributed by atoms with Crippen LogP contribution in [0.2, 0.25) is 0 Å². The summed E-state index contributed by atoms with van der Waals surface area (Å²) in [7, 11) is 0. The van der Waals surface area contributed by atoms with Crippen LogP contribution in [0.25, 0.3) is 0 Å². The van der Waals surface area contributed by atoms with Gasteiger partial charge in [-0.2, -0.15) is 0 Å². The Labute approximate surface area is 147 Å². The van der Waals surface area contributed by atoms with Crippen molar-refractivity contribution in [3.05, 3.63) is 57.8 Å². The van der Waals surface area contributed by atoms with E-state index in [2.05, 4.69) is 31.2 Å². The van der Waals surface area contributed by atoms with Crippen molar-refractivity contribution in [3.63, 3.8) is 0 Å². The second-order valence-electron chi connectivity index (χ2n) is 5.76. The fourth-order valence-corrected chi connectivity index (χ4v) is 2.87. The molecule has 1 atom stereocenters. The summed E-state index contributed by atoms with van der Waals surface area (Å²) in [6.07, 6.45) is 3.85. The van der Waals surface area contributed by atoms with Crippen molar-refractivity contribution >= 4 is 21.8 Å². The first-order chi connectivity index (χ1) is 11.6. The number of rotatable bonds is 6. The maximum Gasteiger partial charge on any atom is 0.271 e. The summed E-state index contributed by atoms with van der Waals surface area (Å²) in [5, 5.41) is 12.0. The van der Waals surface area contributed by atoms with E-state index in [0.717, 1.165) is 12.8 Å². The van der Waals surface area contributed by atoms with E-state index in [1.807, 2.05) is 0 Å². The summed E-state index contributed by atoms with van der Waals surface area (Å²) in [5.74, 6) is 0.141. The molecule has 0 aliphatic heterocycles. The van der Waals surface area contributed by atoms with Crippen molar-refractivity contribution < 1.29 is 14.3 Å². The number of aliphatic hydroxyl groups excluding tert-OH is 1. The average molecular weight is 394 g/mol. The highest BCUT2D eigenvalue weighted by Gasteiger charge is 2.28. The number of nitrogens with zero attached hydrogens (tertiary/aromatic N) is 2. The average Bonchev–Trinajstić information content (AvgIpc) is 3.40. The standard InChI is InChI=1S/C17H17BrFN3O2/c18-12-9-20-16(10-5-6-10)22-15(12)17(24)21-14(7-8-23)11-3-1-2-4-13(11)19/h1-4,9-10,14,23H,5-8H2,(H,21,24)/t14-/m0/s1. The van der Waals surface area contributed by atoms with Gasteiger partial charge in [0.05, 0.1) is 10.5 Å². The van der Waals surface area contributed by atoms with E-state index in [4.69, 9.17) is 0 Å². The van der Waals surface area contributed by atoms with E-state index >= 15 is 0 Å². The lowest BCUT2D eigenvalue weighted by Crippen LogP contribution is -2.31. The number of nitrogens with one attached hydrogen (secondary N) is 1. The first-order valence-corrected chi connectivity index (χ1v) is 8.58. The van der Waals surface area contributed by atoms with Gasteiger partial charge in [-0.05, 0) is 41.3 Å². The lowest BCUT2D eigenvalue weighted by Gasteiger charge is -2.19. The Morgan fingerprint density at radius 3 is 2.83 bits per heavy atom. The zero-order valence-corrected chi connectivity index (χ0v) is 14.5. The van der Waals surface area contributed by atoms with E-state index in [1.54, 1.807) is 24.4 Å².